The molecular weight excluding hydrogens is 333 g/mol. The molecule has 0 aliphatic carbocycles. The van der Waals surface area contributed by atoms with E-state index in [1.54, 1.807) is 12.1 Å². The molecule has 26 heavy (non-hydrogen) atoms. The highest BCUT2D eigenvalue weighted by molar-refractivity contribution is 5.78. The number of fused-ring (bicyclic) bond motifs is 1. The topological polar surface area (TPSA) is 89.7 Å². The van der Waals surface area contributed by atoms with Crippen molar-refractivity contribution in [3.63, 3.8) is 0 Å². The highest BCUT2D eigenvalue weighted by Crippen LogP contribution is 2.27. The molecule has 7 heteroatoms. The molecule has 2 heterocycles. The van der Waals surface area contributed by atoms with Crippen molar-refractivity contribution < 1.29 is 9.13 Å². The van der Waals surface area contributed by atoms with Crippen LogP contribution in [0, 0.1) is 12.7 Å². The van der Waals surface area contributed by atoms with Gasteiger partial charge in [-0.05, 0) is 47.4 Å². The fraction of sp³-hybridized carbons (Fsp3) is 0.105. The lowest BCUT2D eigenvalue weighted by molar-refractivity contribution is 0.308. The predicted molar refractivity (Wildman–Crippen MR) is 97.0 cm³/mol. The summed E-state index contributed by atoms with van der Waals surface area (Å²) < 4.78 is 19.4. The lowest BCUT2D eigenvalue weighted by Gasteiger charge is -2.11. The molecule has 0 aliphatic rings. The summed E-state index contributed by atoms with van der Waals surface area (Å²) >= 11 is 0. The van der Waals surface area contributed by atoms with Crippen molar-refractivity contribution >= 4 is 17.0 Å². The smallest absolute Gasteiger partial charge is 0.207 e. The number of nitrogens with one attached hydrogen (secondary N) is 1. The first kappa shape index (κ1) is 16.0. The van der Waals surface area contributed by atoms with Crippen molar-refractivity contribution in [3.05, 3.63) is 65.5 Å². The number of halogens is 1. The van der Waals surface area contributed by atoms with Crippen LogP contribution in [0.2, 0.25) is 0 Å². The van der Waals surface area contributed by atoms with Gasteiger partial charge in [0.25, 0.3) is 0 Å². The molecule has 6 nitrogen and oxygen atoms in total. The molecule has 0 bridgehead atoms. The Morgan fingerprint density at radius 1 is 1.08 bits per heavy atom. The van der Waals surface area contributed by atoms with Gasteiger partial charge in [0.1, 0.15) is 18.2 Å². The third-order valence-electron chi connectivity index (χ3n) is 4.17. The van der Waals surface area contributed by atoms with Gasteiger partial charge in [0.2, 0.25) is 5.65 Å². The van der Waals surface area contributed by atoms with E-state index in [1.807, 2.05) is 31.2 Å². The Kier molecular flexibility index (Phi) is 3.96. The van der Waals surface area contributed by atoms with E-state index in [0.29, 0.717) is 29.3 Å². The van der Waals surface area contributed by atoms with E-state index in [4.69, 9.17) is 10.5 Å². The maximum absolute atomic E-state index is 13.5. The zero-order chi connectivity index (χ0) is 18.1. The number of hydrogen-bond acceptors (Lipinski definition) is 5. The number of H-pyrrole nitrogens is 1. The second-order valence-electron chi connectivity index (χ2n) is 5.98. The van der Waals surface area contributed by atoms with Crippen LogP contribution < -0.4 is 10.5 Å². The average molecular weight is 349 g/mol. The van der Waals surface area contributed by atoms with Crippen molar-refractivity contribution in [3.8, 4) is 16.9 Å². The van der Waals surface area contributed by atoms with E-state index in [0.717, 1.165) is 22.3 Å². The molecule has 0 amide bonds. The second kappa shape index (κ2) is 6.44. The largest absolute Gasteiger partial charge is 0.486 e. The van der Waals surface area contributed by atoms with Crippen LogP contribution >= 0.6 is 0 Å². The molecule has 0 saturated heterocycles. The fourth-order valence-electron chi connectivity index (χ4n) is 2.77. The molecule has 0 unspecified atom stereocenters. The zero-order valence-electron chi connectivity index (χ0n) is 14.0. The second-order valence-corrected chi connectivity index (χ2v) is 5.98. The number of nitrogen functional groups attached to an aromatic ring is 1. The zero-order valence-corrected chi connectivity index (χ0v) is 14.0. The molecule has 0 atom stereocenters. The van der Waals surface area contributed by atoms with Crippen LogP contribution in [0.5, 0.6) is 5.75 Å². The maximum Gasteiger partial charge on any atom is 0.207 e. The van der Waals surface area contributed by atoms with Gasteiger partial charge in [-0.1, -0.05) is 24.3 Å². The molecule has 0 spiro atoms. The predicted octanol–water partition coefficient (Wildman–Crippen LogP) is 3.63. The normalized spacial score (nSPS) is 11.0. The molecule has 2 aromatic heterocycles. The van der Waals surface area contributed by atoms with Gasteiger partial charge < -0.3 is 10.5 Å². The van der Waals surface area contributed by atoms with Gasteiger partial charge in [0.05, 0.1) is 0 Å². The Morgan fingerprint density at radius 2 is 1.92 bits per heavy atom. The molecule has 0 aliphatic heterocycles. The highest BCUT2D eigenvalue weighted by Gasteiger charge is 2.11. The van der Waals surface area contributed by atoms with Crippen LogP contribution in [0.3, 0.4) is 0 Å². The SMILES string of the molecule is Cc1ccc(-c2cccc(F)c2)cc1COc1cc(N)nc2n[nH]nc12. The molecule has 2 aromatic carbocycles. The van der Waals surface area contributed by atoms with Crippen LogP contribution in [-0.2, 0) is 6.61 Å². The first-order valence-corrected chi connectivity index (χ1v) is 8.05. The third-order valence-corrected chi connectivity index (χ3v) is 4.17. The highest BCUT2D eigenvalue weighted by atomic mass is 19.1. The Labute approximate surface area is 148 Å². The van der Waals surface area contributed by atoms with Crippen LogP contribution in [0.4, 0.5) is 10.2 Å². The van der Waals surface area contributed by atoms with E-state index in [-0.39, 0.29) is 5.82 Å². The van der Waals surface area contributed by atoms with E-state index >= 15 is 0 Å². The molecule has 0 fully saturated rings. The molecule has 0 saturated carbocycles. The Morgan fingerprint density at radius 3 is 2.77 bits per heavy atom. The number of hydrogen-bond donors (Lipinski definition) is 2. The van der Waals surface area contributed by atoms with Gasteiger partial charge in [-0.15, -0.1) is 5.10 Å². The molecule has 4 rings (SSSR count). The summed E-state index contributed by atoms with van der Waals surface area (Å²) in [4.78, 5) is 4.09. The first-order valence-electron chi connectivity index (χ1n) is 8.05. The minimum atomic E-state index is -0.262. The number of benzene rings is 2. The lowest BCUT2D eigenvalue weighted by atomic mass is 10.00. The number of rotatable bonds is 4. The number of ether oxygens (including phenoxy) is 1. The number of aromatic nitrogens is 4. The lowest BCUT2D eigenvalue weighted by Crippen LogP contribution is -2.01. The number of aromatic amines is 1. The first-order chi connectivity index (χ1) is 12.6. The Balaban J connectivity index is 1.64. The minimum Gasteiger partial charge on any atom is -0.486 e. The molecule has 4 aromatic rings. The number of nitrogens with two attached hydrogens (primary N) is 1. The fourth-order valence-corrected chi connectivity index (χ4v) is 2.77. The van der Waals surface area contributed by atoms with Crippen molar-refractivity contribution in [1.29, 1.82) is 0 Å². The molecule has 3 N–H and O–H groups in total. The molecule has 130 valence electrons. The number of anilines is 1. The Hall–Kier alpha value is -3.48. The third kappa shape index (κ3) is 3.06. The van der Waals surface area contributed by atoms with E-state index in [9.17, 15) is 4.39 Å². The summed E-state index contributed by atoms with van der Waals surface area (Å²) in [7, 11) is 0. The Bertz CT molecular complexity index is 1090. The van der Waals surface area contributed by atoms with E-state index in [2.05, 4.69) is 20.4 Å². The summed E-state index contributed by atoms with van der Waals surface area (Å²) in [5.74, 6) is 0.560. The summed E-state index contributed by atoms with van der Waals surface area (Å²) in [5.41, 5.74) is 10.5. The minimum absolute atomic E-state index is 0.262. The van der Waals surface area contributed by atoms with Crippen molar-refractivity contribution in [2.24, 2.45) is 0 Å². The van der Waals surface area contributed by atoms with Gasteiger partial charge in [0, 0.05) is 6.07 Å². The average Bonchev–Trinajstić information content (AvgIpc) is 3.09. The van der Waals surface area contributed by atoms with Gasteiger partial charge in [0.15, 0.2) is 11.3 Å². The summed E-state index contributed by atoms with van der Waals surface area (Å²) in [5, 5.41) is 10.5. The number of aryl methyl sites for hydroxylation is 1. The standard InChI is InChI=1S/C19H16FN5O/c1-11-5-6-13(12-3-2-4-15(20)8-12)7-14(11)10-26-16-9-17(21)22-19-18(16)23-25-24-19/h2-9H,10H2,1H3,(H3,21,22,23,24,25). The van der Waals surface area contributed by atoms with E-state index < -0.39 is 0 Å². The van der Waals surface area contributed by atoms with Crippen LogP contribution in [0.25, 0.3) is 22.3 Å². The number of nitrogens with zero attached hydrogens (tertiary/aromatic N) is 3. The molecule has 0 radical (unpaired) electrons. The van der Waals surface area contributed by atoms with E-state index in [1.165, 1.54) is 12.1 Å². The van der Waals surface area contributed by atoms with Crippen LogP contribution in [-0.4, -0.2) is 20.4 Å². The summed E-state index contributed by atoms with van der Waals surface area (Å²) in [6.45, 7) is 2.32. The molecular formula is C19H16FN5O. The van der Waals surface area contributed by atoms with Crippen molar-refractivity contribution in [2.75, 3.05) is 5.73 Å². The van der Waals surface area contributed by atoms with Gasteiger partial charge in [-0.3, -0.25) is 0 Å². The summed E-state index contributed by atoms with van der Waals surface area (Å²) in [6.07, 6.45) is 0. The van der Waals surface area contributed by atoms with Crippen LogP contribution in [0.15, 0.2) is 48.5 Å². The number of pyridine rings is 1. The van der Waals surface area contributed by atoms with Gasteiger partial charge in [-0.2, -0.15) is 10.3 Å². The van der Waals surface area contributed by atoms with Crippen molar-refractivity contribution in [2.45, 2.75) is 13.5 Å². The van der Waals surface area contributed by atoms with Gasteiger partial charge in [-0.25, -0.2) is 9.37 Å². The van der Waals surface area contributed by atoms with Gasteiger partial charge >= 0.3 is 0 Å². The van der Waals surface area contributed by atoms with Crippen LogP contribution in [0.1, 0.15) is 11.1 Å². The summed E-state index contributed by atoms with van der Waals surface area (Å²) in [6, 6.07) is 14.1. The quantitative estimate of drug-likeness (QED) is 0.587. The van der Waals surface area contributed by atoms with Crippen molar-refractivity contribution in [1.82, 2.24) is 20.4 Å². The monoisotopic (exact) mass is 349 g/mol. The maximum atomic E-state index is 13.5.